The van der Waals surface area contributed by atoms with Gasteiger partial charge in [-0.2, -0.15) is 0 Å². The van der Waals surface area contributed by atoms with Crippen LogP contribution in [0.15, 0.2) is 18.2 Å². The van der Waals surface area contributed by atoms with E-state index in [1.54, 1.807) is 18.2 Å². The van der Waals surface area contributed by atoms with E-state index in [-0.39, 0.29) is 0 Å². The summed E-state index contributed by atoms with van der Waals surface area (Å²) in [5.74, 6) is 0.0254. The molecule has 16 heavy (non-hydrogen) atoms. The molecule has 5 heteroatoms. The average molecular weight is 226 g/mol. The molecule has 88 valence electrons. The third-order valence-electron chi connectivity index (χ3n) is 2.15. The normalized spacial score (nSPS) is 11.8. The lowest BCUT2D eigenvalue weighted by Crippen LogP contribution is -2.14. The summed E-state index contributed by atoms with van der Waals surface area (Å²) in [6.45, 7) is 0. The first-order chi connectivity index (χ1) is 7.65. The summed E-state index contributed by atoms with van der Waals surface area (Å²) in [6.07, 6.45) is -1.38. The summed E-state index contributed by atoms with van der Waals surface area (Å²) in [7, 11) is 4.12. The zero-order valence-electron chi connectivity index (χ0n) is 9.39. The number of carbonyl (C=O) groups excluding carboxylic acids is 1. The van der Waals surface area contributed by atoms with E-state index in [9.17, 15) is 9.90 Å². The van der Waals surface area contributed by atoms with Crippen LogP contribution >= 0.6 is 0 Å². The van der Waals surface area contributed by atoms with Gasteiger partial charge in [-0.15, -0.1) is 0 Å². The highest BCUT2D eigenvalue weighted by molar-refractivity contribution is 5.77. The molecule has 0 radical (unpaired) electrons. The van der Waals surface area contributed by atoms with E-state index in [1.165, 1.54) is 21.3 Å². The van der Waals surface area contributed by atoms with Crippen LogP contribution < -0.4 is 9.47 Å². The Balaban J connectivity index is 3.17. The van der Waals surface area contributed by atoms with Gasteiger partial charge in [0.25, 0.3) is 0 Å². The molecule has 1 rings (SSSR count). The van der Waals surface area contributed by atoms with Crippen molar-refractivity contribution in [2.45, 2.75) is 6.10 Å². The number of rotatable bonds is 4. The predicted octanol–water partition coefficient (Wildman–Crippen LogP) is 0.910. The summed E-state index contributed by atoms with van der Waals surface area (Å²) >= 11 is 0. The Morgan fingerprint density at radius 3 is 2.44 bits per heavy atom. The van der Waals surface area contributed by atoms with E-state index < -0.39 is 12.1 Å². The number of esters is 1. The third kappa shape index (κ3) is 2.25. The van der Waals surface area contributed by atoms with E-state index in [1.807, 2.05) is 0 Å². The lowest BCUT2D eigenvalue weighted by molar-refractivity contribution is -0.150. The number of aliphatic hydroxyl groups excluding tert-OH is 1. The summed E-state index contributed by atoms with van der Waals surface area (Å²) in [6, 6.07) is 4.90. The Kier molecular flexibility index (Phi) is 4.13. The molecule has 0 aliphatic carbocycles. The molecule has 1 atom stereocenters. The van der Waals surface area contributed by atoms with Crippen molar-refractivity contribution in [3.05, 3.63) is 23.8 Å². The van der Waals surface area contributed by atoms with Crippen molar-refractivity contribution >= 4 is 5.97 Å². The van der Waals surface area contributed by atoms with Crippen molar-refractivity contribution in [3.63, 3.8) is 0 Å². The summed E-state index contributed by atoms with van der Waals surface area (Å²) < 4.78 is 14.6. The summed E-state index contributed by atoms with van der Waals surface area (Å²) in [5.41, 5.74) is 0.314. The molecule has 0 saturated heterocycles. The van der Waals surface area contributed by atoms with Gasteiger partial charge in [-0.3, -0.25) is 0 Å². The minimum absolute atomic E-state index is 0.314. The van der Waals surface area contributed by atoms with Crippen LogP contribution in [-0.2, 0) is 9.53 Å². The van der Waals surface area contributed by atoms with Gasteiger partial charge in [0.2, 0.25) is 0 Å². The zero-order chi connectivity index (χ0) is 12.1. The maximum absolute atomic E-state index is 11.2. The molecule has 0 aliphatic heterocycles. The van der Waals surface area contributed by atoms with Crippen LogP contribution in [0.1, 0.15) is 11.7 Å². The van der Waals surface area contributed by atoms with Gasteiger partial charge in [0.15, 0.2) is 17.6 Å². The van der Waals surface area contributed by atoms with Crippen molar-refractivity contribution in [1.29, 1.82) is 0 Å². The van der Waals surface area contributed by atoms with Crippen molar-refractivity contribution in [3.8, 4) is 11.5 Å². The SMILES string of the molecule is COC(=O)C(O)c1cccc(OC)c1OC. The highest BCUT2D eigenvalue weighted by Crippen LogP contribution is 2.34. The lowest BCUT2D eigenvalue weighted by atomic mass is 10.1. The van der Waals surface area contributed by atoms with Crippen molar-refractivity contribution < 1.29 is 24.1 Å². The molecule has 0 heterocycles. The van der Waals surface area contributed by atoms with Gasteiger partial charge < -0.3 is 19.3 Å². The number of benzene rings is 1. The zero-order valence-corrected chi connectivity index (χ0v) is 9.39. The molecule has 1 N–H and O–H groups in total. The molecule has 1 unspecified atom stereocenters. The Hall–Kier alpha value is -1.75. The first-order valence-corrected chi connectivity index (χ1v) is 4.62. The van der Waals surface area contributed by atoms with Gasteiger partial charge >= 0.3 is 5.97 Å². The number of carbonyl (C=O) groups is 1. The molecule has 1 aromatic rings. The molecule has 5 nitrogen and oxygen atoms in total. The molecule has 0 spiro atoms. The van der Waals surface area contributed by atoms with Gasteiger partial charge in [0.05, 0.1) is 21.3 Å². The van der Waals surface area contributed by atoms with E-state index >= 15 is 0 Å². The van der Waals surface area contributed by atoms with Crippen molar-refractivity contribution in [2.75, 3.05) is 21.3 Å². The monoisotopic (exact) mass is 226 g/mol. The quantitative estimate of drug-likeness (QED) is 0.773. The van der Waals surface area contributed by atoms with Crippen LogP contribution in [0.3, 0.4) is 0 Å². The topological polar surface area (TPSA) is 65.0 Å². The molecular weight excluding hydrogens is 212 g/mol. The fourth-order valence-corrected chi connectivity index (χ4v) is 1.37. The number of aliphatic hydroxyl groups is 1. The summed E-state index contributed by atoms with van der Waals surface area (Å²) in [5, 5.41) is 9.71. The van der Waals surface area contributed by atoms with Crippen molar-refractivity contribution in [2.24, 2.45) is 0 Å². The second kappa shape index (κ2) is 5.37. The average Bonchev–Trinajstić information content (AvgIpc) is 2.35. The molecule has 0 bridgehead atoms. The maximum atomic E-state index is 11.2. The highest BCUT2D eigenvalue weighted by Gasteiger charge is 2.23. The highest BCUT2D eigenvalue weighted by atomic mass is 16.5. The summed E-state index contributed by atoms with van der Waals surface area (Å²) in [4.78, 5) is 11.2. The van der Waals surface area contributed by atoms with Gasteiger partial charge in [-0.1, -0.05) is 12.1 Å². The smallest absolute Gasteiger partial charge is 0.339 e. The predicted molar refractivity (Wildman–Crippen MR) is 56.5 cm³/mol. The van der Waals surface area contributed by atoms with Gasteiger partial charge in [-0.25, -0.2) is 4.79 Å². The fourth-order valence-electron chi connectivity index (χ4n) is 1.37. The molecular formula is C11H14O5. The lowest BCUT2D eigenvalue weighted by Gasteiger charge is -2.15. The fraction of sp³-hybridized carbons (Fsp3) is 0.364. The van der Waals surface area contributed by atoms with Gasteiger partial charge in [0.1, 0.15) is 0 Å². The maximum Gasteiger partial charge on any atom is 0.339 e. The number of hydrogen-bond donors (Lipinski definition) is 1. The second-order valence-electron chi connectivity index (χ2n) is 3.01. The van der Waals surface area contributed by atoms with Crippen molar-refractivity contribution in [1.82, 2.24) is 0 Å². The Morgan fingerprint density at radius 2 is 1.94 bits per heavy atom. The van der Waals surface area contributed by atoms with Crippen LogP contribution in [0, 0.1) is 0 Å². The number of hydrogen-bond acceptors (Lipinski definition) is 5. The Morgan fingerprint density at radius 1 is 1.25 bits per heavy atom. The standard InChI is InChI=1S/C11H14O5/c1-14-8-6-4-5-7(10(8)15-2)9(12)11(13)16-3/h4-6,9,12H,1-3H3. The van der Waals surface area contributed by atoms with Gasteiger partial charge in [-0.05, 0) is 6.07 Å². The second-order valence-corrected chi connectivity index (χ2v) is 3.01. The first kappa shape index (κ1) is 12.3. The molecule has 0 saturated carbocycles. The van der Waals surface area contributed by atoms with E-state index in [2.05, 4.69) is 4.74 Å². The van der Waals surface area contributed by atoms with E-state index in [0.29, 0.717) is 17.1 Å². The van der Waals surface area contributed by atoms with Crippen LogP contribution in [0.4, 0.5) is 0 Å². The number of methoxy groups -OCH3 is 3. The first-order valence-electron chi connectivity index (χ1n) is 4.62. The van der Waals surface area contributed by atoms with E-state index in [4.69, 9.17) is 9.47 Å². The molecule has 0 amide bonds. The Labute approximate surface area is 93.6 Å². The minimum Gasteiger partial charge on any atom is -0.493 e. The minimum atomic E-state index is -1.38. The van der Waals surface area contributed by atoms with Gasteiger partial charge in [0, 0.05) is 5.56 Å². The van der Waals surface area contributed by atoms with Crippen LogP contribution in [0.5, 0.6) is 11.5 Å². The van der Waals surface area contributed by atoms with Crippen LogP contribution in [0.2, 0.25) is 0 Å². The number of para-hydroxylation sites is 1. The third-order valence-corrected chi connectivity index (χ3v) is 2.15. The van der Waals surface area contributed by atoms with Crippen LogP contribution in [0.25, 0.3) is 0 Å². The molecule has 0 fully saturated rings. The molecule has 1 aromatic carbocycles. The Bertz CT molecular complexity index is 375. The number of ether oxygens (including phenoxy) is 3. The van der Waals surface area contributed by atoms with E-state index in [0.717, 1.165) is 0 Å². The molecule has 0 aromatic heterocycles. The molecule has 0 aliphatic rings. The van der Waals surface area contributed by atoms with Crippen LogP contribution in [-0.4, -0.2) is 32.4 Å². The largest absolute Gasteiger partial charge is 0.493 e.